The van der Waals surface area contributed by atoms with Crippen molar-refractivity contribution in [3.05, 3.63) is 82.8 Å². The van der Waals surface area contributed by atoms with E-state index in [-0.39, 0.29) is 23.7 Å². The Morgan fingerprint density at radius 2 is 1.81 bits per heavy atom. The van der Waals surface area contributed by atoms with Crippen molar-refractivity contribution in [2.75, 3.05) is 6.61 Å². The van der Waals surface area contributed by atoms with Crippen molar-refractivity contribution in [2.45, 2.75) is 19.1 Å². The number of aliphatic hydroxyl groups excluding tert-OH is 1. The third-order valence-corrected chi connectivity index (χ3v) is 4.82. The Morgan fingerprint density at radius 1 is 1.03 bits per heavy atom. The summed E-state index contributed by atoms with van der Waals surface area (Å²) in [4.78, 5) is 21.1. The van der Waals surface area contributed by atoms with E-state index < -0.39 is 11.7 Å². The number of hydrogen-bond donors (Lipinski definition) is 1. The van der Waals surface area contributed by atoms with Crippen LogP contribution in [-0.2, 0) is 12.7 Å². The highest BCUT2D eigenvalue weighted by atomic mass is 19.4. The number of hydrogen-bond acceptors (Lipinski definition) is 5. The van der Waals surface area contributed by atoms with E-state index in [9.17, 15) is 18.0 Å². The molecule has 0 radical (unpaired) electrons. The summed E-state index contributed by atoms with van der Waals surface area (Å²) in [5.41, 5.74) is 0.498. The van der Waals surface area contributed by atoms with Crippen LogP contribution in [0.25, 0.3) is 22.3 Å². The topological polar surface area (TPSA) is 77.2 Å². The maximum atomic E-state index is 12.8. The van der Waals surface area contributed by atoms with Crippen LogP contribution in [0.2, 0.25) is 0 Å². The van der Waals surface area contributed by atoms with E-state index in [4.69, 9.17) is 9.84 Å². The molecule has 3 aromatic heterocycles. The van der Waals surface area contributed by atoms with Gasteiger partial charge in [-0.2, -0.15) is 13.2 Å². The largest absolute Gasteiger partial charge is 0.438 e. The van der Waals surface area contributed by atoms with Gasteiger partial charge in [-0.05, 0) is 55.0 Å². The van der Waals surface area contributed by atoms with Crippen molar-refractivity contribution in [3.63, 3.8) is 0 Å². The first-order valence-electron chi connectivity index (χ1n) is 9.78. The molecule has 0 bridgehead atoms. The lowest BCUT2D eigenvalue weighted by molar-refractivity contribution is -0.137. The van der Waals surface area contributed by atoms with Gasteiger partial charge in [0.25, 0.3) is 0 Å². The molecule has 0 aliphatic heterocycles. The minimum Gasteiger partial charge on any atom is -0.438 e. The number of benzene rings is 1. The van der Waals surface area contributed by atoms with E-state index in [1.807, 2.05) is 0 Å². The van der Waals surface area contributed by atoms with Gasteiger partial charge in [0.15, 0.2) is 5.43 Å². The Labute approximate surface area is 180 Å². The van der Waals surface area contributed by atoms with Gasteiger partial charge in [-0.3, -0.25) is 4.79 Å². The number of fused-ring (bicyclic) bond motifs is 1. The molecule has 9 heteroatoms. The van der Waals surface area contributed by atoms with E-state index in [2.05, 4.69) is 9.97 Å². The van der Waals surface area contributed by atoms with Gasteiger partial charge in [-0.1, -0.05) is 0 Å². The summed E-state index contributed by atoms with van der Waals surface area (Å²) in [5.74, 6) is 0.359. The molecule has 0 spiro atoms. The van der Waals surface area contributed by atoms with Crippen molar-refractivity contribution in [3.8, 4) is 22.9 Å². The molecule has 1 N–H and O–H groups in total. The molecule has 1 aromatic carbocycles. The lowest BCUT2D eigenvalue weighted by Crippen LogP contribution is -2.10. The van der Waals surface area contributed by atoms with Crippen LogP contribution in [0.3, 0.4) is 0 Å². The molecule has 6 nitrogen and oxygen atoms in total. The SMILES string of the molecule is O=c1ccn(CCCO)c2nc(-c3cccnc3Oc3ccc(C(F)(F)F)cc3)ccc12. The Morgan fingerprint density at radius 3 is 2.53 bits per heavy atom. The lowest BCUT2D eigenvalue weighted by Gasteiger charge is -2.13. The second-order valence-corrected chi connectivity index (χ2v) is 7.00. The van der Waals surface area contributed by atoms with Crippen LogP contribution >= 0.6 is 0 Å². The first-order chi connectivity index (χ1) is 15.4. The maximum absolute atomic E-state index is 12.8. The molecule has 0 aliphatic rings. The predicted octanol–water partition coefficient (Wildman–Crippen LogP) is 4.65. The van der Waals surface area contributed by atoms with Crippen LogP contribution in [0.15, 0.2) is 71.8 Å². The Hall–Kier alpha value is -3.72. The second kappa shape index (κ2) is 8.80. The molecule has 0 atom stereocenters. The van der Waals surface area contributed by atoms with Gasteiger partial charge in [-0.15, -0.1) is 0 Å². The molecule has 3 heterocycles. The number of alkyl halides is 3. The lowest BCUT2D eigenvalue weighted by atomic mass is 10.1. The number of aryl methyl sites for hydroxylation is 1. The van der Waals surface area contributed by atoms with Crippen molar-refractivity contribution in [1.82, 2.24) is 14.5 Å². The van der Waals surface area contributed by atoms with E-state index >= 15 is 0 Å². The van der Waals surface area contributed by atoms with Crippen LogP contribution in [0, 0.1) is 0 Å². The zero-order chi connectivity index (χ0) is 22.7. The third kappa shape index (κ3) is 4.47. The molecule has 0 unspecified atom stereocenters. The summed E-state index contributed by atoms with van der Waals surface area (Å²) < 4.78 is 45.9. The maximum Gasteiger partial charge on any atom is 0.416 e. The molecule has 0 fully saturated rings. The monoisotopic (exact) mass is 441 g/mol. The summed E-state index contributed by atoms with van der Waals surface area (Å²) in [6.07, 6.45) is -0.810. The van der Waals surface area contributed by atoms with E-state index in [0.717, 1.165) is 12.1 Å². The zero-order valence-corrected chi connectivity index (χ0v) is 16.7. The first-order valence-corrected chi connectivity index (χ1v) is 9.78. The van der Waals surface area contributed by atoms with E-state index in [0.29, 0.717) is 35.3 Å². The molecule has 4 aromatic rings. The fraction of sp³-hybridized carbons (Fsp3) is 0.174. The van der Waals surface area contributed by atoms with Gasteiger partial charge in [0, 0.05) is 31.6 Å². The Bertz CT molecular complexity index is 1300. The molecular formula is C23H18F3N3O3. The van der Waals surface area contributed by atoms with Gasteiger partial charge >= 0.3 is 6.18 Å². The van der Waals surface area contributed by atoms with Gasteiger partial charge in [-0.25, -0.2) is 9.97 Å². The molecular weight excluding hydrogens is 423 g/mol. The summed E-state index contributed by atoms with van der Waals surface area (Å²) >= 11 is 0. The van der Waals surface area contributed by atoms with Crippen LogP contribution in [0.1, 0.15) is 12.0 Å². The van der Waals surface area contributed by atoms with Crippen LogP contribution in [0.5, 0.6) is 11.6 Å². The van der Waals surface area contributed by atoms with Gasteiger partial charge in [0.1, 0.15) is 11.4 Å². The molecule has 0 amide bonds. The summed E-state index contributed by atoms with van der Waals surface area (Å²) in [6, 6.07) is 12.5. The average molecular weight is 441 g/mol. The molecule has 4 rings (SSSR count). The van der Waals surface area contributed by atoms with Gasteiger partial charge < -0.3 is 14.4 Å². The molecule has 0 aliphatic carbocycles. The first kappa shape index (κ1) is 21.5. The Kier molecular flexibility index (Phi) is 5.91. The standard InChI is InChI=1S/C23H18F3N3O3/c24-23(25,26)15-4-6-16(7-5-15)32-22-17(3-1-11-27-22)19-9-8-18-20(31)10-13-29(12-2-14-30)21(18)28-19/h1,3-11,13,30H,2,12,14H2. The van der Waals surface area contributed by atoms with E-state index in [1.165, 1.54) is 24.4 Å². The highest BCUT2D eigenvalue weighted by Gasteiger charge is 2.30. The number of nitrogens with zero attached hydrogens (tertiary/aromatic N) is 3. The second-order valence-electron chi connectivity index (χ2n) is 7.00. The quantitative estimate of drug-likeness (QED) is 0.471. The smallest absolute Gasteiger partial charge is 0.416 e. The predicted molar refractivity (Wildman–Crippen MR) is 112 cm³/mol. The van der Waals surface area contributed by atoms with E-state index in [1.54, 1.807) is 35.0 Å². The summed E-state index contributed by atoms with van der Waals surface area (Å²) in [6.45, 7) is 0.479. The average Bonchev–Trinajstić information content (AvgIpc) is 2.79. The highest BCUT2D eigenvalue weighted by molar-refractivity contribution is 5.79. The van der Waals surface area contributed by atoms with Gasteiger partial charge in [0.2, 0.25) is 5.88 Å². The minimum absolute atomic E-state index is 0.00102. The number of aromatic nitrogens is 3. The van der Waals surface area contributed by atoms with Crippen molar-refractivity contribution in [1.29, 1.82) is 0 Å². The number of halogens is 3. The highest BCUT2D eigenvalue weighted by Crippen LogP contribution is 2.33. The van der Waals surface area contributed by atoms with Gasteiger partial charge in [0.05, 0.1) is 22.2 Å². The summed E-state index contributed by atoms with van der Waals surface area (Å²) in [5, 5.41) is 9.58. The number of rotatable bonds is 6. The van der Waals surface area contributed by atoms with Crippen LogP contribution < -0.4 is 10.2 Å². The normalized spacial score (nSPS) is 11.6. The van der Waals surface area contributed by atoms with Crippen LogP contribution in [0.4, 0.5) is 13.2 Å². The van der Waals surface area contributed by atoms with Crippen LogP contribution in [-0.4, -0.2) is 26.2 Å². The molecule has 164 valence electrons. The van der Waals surface area contributed by atoms with Crippen molar-refractivity contribution < 1.29 is 23.0 Å². The third-order valence-electron chi connectivity index (χ3n) is 4.82. The molecule has 0 saturated heterocycles. The van der Waals surface area contributed by atoms with Crippen molar-refractivity contribution in [2.24, 2.45) is 0 Å². The molecule has 32 heavy (non-hydrogen) atoms. The number of aliphatic hydroxyl groups is 1. The minimum atomic E-state index is -4.44. The number of ether oxygens (including phenoxy) is 1. The van der Waals surface area contributed by atoms with Crippen molar-refractivity contribution >= 4 is 11.0 Å². The fourth-order valence-electron chi connectivity index (χ4n) is 3.24. The zero-order valence-electron chi connectivity index (χ0n) is 16.7. The Balaban J connectivity index is 1.72. The fourth-order valence-corrected chi connectivity index (χ4v) is 3.24. The molecule has 0 saturated carbocycles. The number of pyridine rings is 3. The summed E-state index contributed by atoms with van der Waals surface area (Å²) in [7, 11) is 0.